The van der Waals surface area contributed by atoms with Gasteiger partial charge >= 0.3 is 6.18 Å². The first-order valence-electron chi connectivity index (χ1n) is 11.0. The van der Waals surface area contributed by atoms with Crippen molar-refractivity contribution in [1.29, 1.82) is 0 Å². The molecule has 2 heterocycles. The monoisotopic (exact) mass is 485 g/mol. The van der Waals surface area contributed by atoms with E-state index in [-0.39, 0.29) is 28.1 Å². The largest absolute Gasteiger partial charge is 0.504 e. The average molecular weight is 486 g/mol. The molecule has 6 nitrogen and oxygen atoms in total. The second-order valence-electron chi connectivity index (χ2n) is 8.98. The number of aromatic nitrogens is 1. The van der Waals surface area contributed by atoms with Gasteiger partial charge in [-0.05, 0) is 43.9 Å². The maximum Gasteiger partial charge on any atom is 0.393 e. The molecule has 0 radical (unpaired) electrons. The number of nitrogens with zero attached hydrogens (tertiary/aromatic N) is 2. The fourth-order valence-corrected chi connectivity index (χ4v) is 5.88. The van der Waals surface area contributed by atoms with Crippen LogP contribution in [0.3, 0.4) is 0 Å². The smallest absolute Gasteiger partial charge is 0.393 e. The summed E-state index contributed by atoms with van der Waals surface area (Å²) in [6, 6.07) is 2.11. The number of anilines is 2. The van der Waals surface area contributed by atoms with Crippen molar-refractivity contribution in [3.05, 3.63) is 28.5 Å². The Bertz CT molecular complexity index is 1030. The number of aromatic hydroxyl groups is 1. The van der Waals surface area contributed by atoms with E-state index in [0.717, 1.165) is 49.2 Å². The number of halogens is 4. The van der Waals surface area contributed by atoms with Crippen molar-refractivity contribution in [2.75, 3.05) is 23.3 Å². The molecule has 1 aromatic carbocycles. The van der Waals surface area contributed by atoms with Crippen molar-refractivity contribution >= 4 is 28.1 Å². The lowest BCUT2D eigenvalue weighted by Crippen LogP contribution is -2.19. The topological polar surface area (TPSA) is 74.7 Å². The number of benzene rings is 1. The summed E-state index contributed by atoms with van der Waals surface area (Å²) in [5.41, 5.74) is -0.435. The van der Waals surface area contributed by atoms with Crippen LogP contribution in [0.1, 0.15) is 47.5 Å². The number of thiazole rings is 1. The van der Waals surface area contributed by atoms with Gasteiger partial charge in [-0.3, -0.25) is 4.79 Å². The molecule has 1 saturated heterocycles. The third-order valence-electron chi connectivity index (χ3n) is 6.41. The van der Waals surface area contributed by atoms with E-state index in [4.69, 9.17) is 4.74 Å². The molecule has 2 N–H and O–H groups in total. The van der Waals surface area contributed by atoms with E-state index in [1.807, 2.05) is 4.90 Å². The van der Waals surface area contributed by atoms with Gasteiger partial charge in [-0.1, -0.05) is 0 Å². The third-order valence-corrected chi connectivity index (χ3v) is 7.52. The number of hydrogen-bond acceptors (Lipinski definition) is 6. The Morgan fingerprint density at radius 1 is 1.21 bits per heavy atom. The molecule has 1 aliphatic heterocycles. The highest BCUT2D eigenvalue weighted by molar-refractivity contribution is 7.16. The Labute approximate surface area is 191 Å². The number of rotatable bonds is 6. The summed E-state index contributed by atoms with van der Waals surface area (Å²) in [5.74, 6) is -1.25. The second kappa shape index (κ2) is 8.34. The maximum absolute atomic E-state index is 14.6. The number of carbonyl (C=O) groups excluding carboxylic acids is 1. The van der Waals surface area contributed by atoms with Gasteiger partial charge in [0.2, 0.25) is 0 Å². The number of ether oxygens (including phenoxy) is 1. The van der Waals surface area contributed by atoms with Crippen molar-refractivity contribution < 1.29 is 32.2 Å². The van der Waals surface area contributed by atoms with E-state index in [1.165, 1.54) is 6.42 Å². The van der Waals surface area contributed by atoms with Gasteiger partial charge in [0, 0.05) is 35.8 Å². The number of nitrogens with one attached hydrogen (secondary N) is 1. The van der Waals surface area contributed by atoms with Crippen molar-refractivity contribution in [3.63, 3.8) is 0 Å². The molecular weight excluding hydrogens is 462 g/mol. The lowest BCUT2D eigenvalue weighted by atomic mass is 10.2. The Hall–Kier alpha value is -2.56. The number of amides is 1. The van der Waals surface area contributed by atoms with Gasteiger partial charge in [-0.15, -0.1) is 11.3 Å². The molecule has 2 aromatic rings. The van der Waals surface area contributed by atoms with Crippen LogP contribution in [0.15, 0.2) is 12.1 Å². The number of hydrogen-bond donors (Lipinski definition) is 2. The molecule has 178 valence electrons. The predicted molar refractivity (Wildman–Crippen MR) is 115 cm³/mol. The van der Waals surface area contributed by atoms with Gasteiger partial charge in [-0.25, -0.2) is 9.37 Å². The van der Waals surface area contributed by atoms with Crippen LogP contribution in [-0.2, 0) is 6.42 Å². The molecule has 2 aliphatic carbocycles. The number of alkyl halides is 3. The molecular formula is C22H23F4N3O3S. The standard InChI is InChI=1S/C22H23F4N3O3S/c23-15-8-13(9-16(30)19(15)32-14-6-11-5-12(11)7-14)27-20(31)18-17(10-22(24,25)26)33-21(28-18)29-3-1-2-4-29/h8-9,11-12,14,30H,1-7,10H2,(H,27,31). The number of carbonyl (C=O) groups is 1. The highest BCUT2D eigenvalue weighted by Gasteiger charge is 2.47. The molecule has 11 heteroatoms. The van der Waals surface area contributed by atoms with Gasteiger partial charge in [0.05, 0.1) is 12.5 Å². The molecule has 3 fully saturated rings. The number of phenols is 1. The van der Waals surface area contributed by atoms with Gasteiger partial charge in [0.1, 0.15) is 5.69 Å². The normalized spacial score (nSPS) is 24.1. The van der Waals surface area contributed by atoms with E-state index in [0.29, 0.717) is 30.1 Å². The van der Waals surface area contributed by atoms with Crippen LogP contribution in [0.4, 0.5) is 28.4 Å². The first-order chi connectivity index (χ1) is 15.7. The van der Waals surface area contributed by atoms with E-state index in [9.17, 15) is 27.5 Å². The minimum absolute atomic E-state index is 0.0923. The molecule has 1 aromatic heterocycles. The summed E-state index contributed by atoms with van der Waals surface area (Å²) >= 11 is 0.843. The quantitative estimate of drug-likeness (QED) is 0.556. The number of phenolic OH excluding ortho intramolecular Hbond substituents is 1. The Morgan fingerprint density at radius 2 is 1.91 bits per heavy atom. The van der Waals surface area contributed by atoms with Gasteiger partial charge in [0.25, 0.3) is 5.91 Å². The van der Waals surface area contributed by atoms with E-state index < -0.39 is 30.1 Å². The lowest BCUT2D eigenvalue weighted by Gasteiger charge is -2.17. The predicted octanol–water partition coefficient (Wildman–Crippen LogP) is 5.12. The SMILES string of the molecule is O=C(Nc1cc(O)c(OC2CC3CC3C2)c(F)c1)c1nc(N2CCCC2)sc1CC(F)(F)F. The average Bonchev–Trinajstić information content (AvgIpc) is 3.13. The fourth-order valence-electron chi connectivity index (χ4n) is 4.74. The van der Waals surface area contributed by atoms with Gasteiger partial charge < -0.3 is 20.1 Å². The van der Waals surface area contributed by atoms with Crippen LogP contribution in [-0.4, -0.2) is 41.4 Å². The van der Waals surface area contributed by atoms with Gasteiger partial charge in [0.15, 0.2) is 22.4 Å². The zero-order valence-electron chi connectivity index (χ0n) is 17.6. The first kappa shape index (κ1) is 22.2. The Kier molecular flexibility index (Phi) is 5.62. The van der Waals surface area contributed by atoms with Crippen LogP contribution in [0.2, 0.25) is 0 Å². The van der Waals surface area contributed by atoms with Crippen molar-refractivity contribution in [2.24, 2.45) is 11.8 Å². The highest BCUT2D eigenvalue weighted by atomic mass is 32.1. The lowest BCUT2D eigenvalue weighted by molar-refractivity contribution is -0.126. The summed E-state index contributed by atoms with van der Waals surface area (Å²) in [5, 5.41) is 13.0. The van der Waals surface area contributed by atoms with E-state index in [2.05, 4.69) is 10.3 Å². The molecule has 1 amide bonds. The molecule has 0 spiro atoms. The van der Waals surface area contributed by atoms with Crippen LogP contribution < -0.4 is 15.0 Å². The maximum atomic E-state index is 14.6. The summed E-state index contributed by atoms with van der Waals surface area (Å²) in [7, 11) is 0. The zero-order valence-corrected chi connectivity index (χ0v) is 18.4. The molecule has 2 saturated carbocycles. The minimum Gasteiger partial charge on any atom is -0.504 e. The molecule has 3 aliphatic rings. The highest BCUT2D eigenvalue weighted by Crippen LogP contribution is 2.53. The van der Waals surface area contributed by atoms with Crippen molar-refractivity contribution in [1.82, 2.24) is 4.98 Å². The van der Waals surface area contributed by atoms with E-state index >= 15 is 0 Å². The Balaban J connectivity index is 1.34. The first-order valence-corrected chi connectivity index (χ1v) is 11.8. The molecule has 0 bridgehead atoms. The van der Waals surface area contributed by atoms with Crippen LogP contribution in [0.5, 0.6) is 11.5 Å². The van der Waals surface area contributed by atoms with Crippen molar-refractivity contribution in [3.8, 4) is 11.5 Å². The van der Waals surface area contributed by atoms with E-state index in [1.54, 1.807) is 0 Å². The summed E-state index contributed by atoms with van der Waals surface area (Å²) in [6.07, 6.45) is -1.30. The third kappa shape index (κ3) is 4.87. The molecule has 2 atom stereocenters. The minimum atomic E-state index is -4.51. The fraction of sp³-hybridized carbons (Fsp3) is 0.545. The number of fused-ring (bicyclic) bond motifs is 1. The van der Waals surface area contributed by atoms with Crippen LogP contribution in [0.25, 0.3) is 0 Å². The zero-order chi connectivity index (χ0) is 23.3. The van der Waals surface area contributed by atoms with Crippen molar-refractivity contribution in [2.45, 2.75) is 50.8 Å². The molecule has 2 unspecified atom stereocenters. The van der Waals surface area contributed by atoms with Crippen LogP contribution >= 0.6 is 11.3 Å². The summed E-state index contributed by atoms with van der Waals surface area (Å²) < 4.78 is 59.5. The van der Waals surface area contributed by atoms with Gasteiger partial charge in [-0.2, -0.15) is 13.2 Å². The second-order valence-corrected chi connectivity index (χ2v) is 10.0. The summed E-state index contributed by atoms with van der Waals surface area (Å²) in [6.45, 7) is 1.34. The molecule has 5 rings (SSSR count). The summed E-state index contributed by atoms with van der Waals surface area (Å²) in [4.78, 5) is 18.6. The molecule has 33 heavy (non-hydrogen) atoms. The Morgan fingerprint density at radius 3 is 2.55 bits per heavy atom. The van der Waals surface area contributed by atoms with Crippen LogP contribution in [0, 0.1) is 17.7 Å².